The molecule has 0 saturated carbocycles. The second-order valence-electron chi connectivity index (χ2n) is 4.09. The van der Waals surface area contributed by atoms with E-state index in [1.165, 1.54) is 17.4 Å². The summed E-state index contributed by atoms with van der Waals surface area (Å²) in [6.45, 7) is 0. The van der Waals surface area contributed by atoms with Crippen molar-refractivity contribution in [3.63, 3.8) is 0 Å². The molecule has 0 atom stereocenters. The molecule has 0 amide bonds. The zero-order valence-electron chi connectivity index (χ0n) is 10.3. The van der Waals surface area contributed by atoms with Crippen LogP contribution in [0.25, 0.3) is 10.2 Å². The van der Waals surface area contributed by atoms with Crippen LogP contribution in [0.2, 0.25) is 10.0 Å². The number of hydrogen-bond acceptors (Lipinski definition) is 5. The van der Waals surface area contributed by atoms with Gasteiger partial charge in [-0.05, 0) is 30.3 Å². The van der Waals surface area contributed by atoms with Gasteiger partial charge in [-0.3, -0.25) is 0 Å². The van der Waals surface area contributed by atoms with Crippen molar-refractivity contribution in [2.45, 2.75) is 0 Å². The molecule has 3 aromatic rings. The summed E-state index contributed by atoms with van der Waals surface area (Å²) in [5.41, 5.74) is 0.602. The molecule has 1 aromatic carbocycles. The zero-order valence-corrected chi connectivity index (χ0v) is 12.6. The first-order valence-corrected chi connectivity index (χ1v) is 7.33. The van der Waals surface area contributed by atoms with Crippen molar-refractivity contribution in [2.24, 2.45) is 0 Å². The monoisotopic (exact) mass is 339 g/mol. The van der Waals surface area contributed by atoms with E-state index in [9.17, 15) is 4.79 Å². The van der Waals surface area contributed by atoms with Gasteiger partial charge in [0.2, 0.25) is 0 Å². The number of aromatic carboxylic acids is 1. The lowest BCUT2D eigenvalue weighted by atomic mass is 10.3. The molecule has 2 aromatic heterocycles. The Hall–Kier alpha value is -1.89. The zero-order chi connectivity index (χ0) is 15.0. The van der Waals surface area contributed by atoms with Crippen LogP contribution >= 0.6 is 34.5 Å². The van der Waals surface area contributed by atoms with Crippen molar-refractivity contribution < 1.29 is 9.90 Å². The number of aromatic nitrogens is 2. The predicted octanol–water partition coefficient (Wildman–Crippen LogP) is 4.44. The Bertz CT molecular complexity index is 851. The lowest BCUT2D eigenvalue weighted by Gasteiger charge is -2.03. The number of carboxylic acid groups (broad SMARTS) is 1. The Balaban J connectivity index is 1.94. The highest BCUT2D eigenvalue weighted by molar-refractivity contribution is 7.22. The van der Waals surface area contributed by atoms with Crippen LogP contribution in [0.15, 0.2) is 30.3 Å². The van der Waals surface area contributed by atoms with Crippen molar-refractivity contribution in [1.29, 1.82) is 0 Å². The maximum absolute atomic E-state index is 11.0. The number of hydrogen-bond donors (Lipinski definition) is 2. The van der Waals surface area contributed by atoms with Crippen LogP contribution in [0.5, 0.6) is 0 Å². The van der Waals surface area contributed by atoms with E-state index in [0.29, 0.717) is 16.0 Å². The number of thiazole rings is 1. The third-order valence-electron chi connectivity index (χ3n) is 2.63. The van der Waals surface area contributed by atoms with Gasteiger partial charge >= 0.3 is 5.97 Å². The molecule has 21 heavy (non-hydrogen) atoms. The molecule has 0 fully saturated rings. The summed E-state index contributed by atoms with van der Waals surface area (Å²) in [7, 11) is 0. The number of halogens is 2. The Labute approximate surface area is 133 Å². The normalized spacial score (nSPS) is 10.8. The van der Waals surface area contributed by atoms with Gasteiger partial charge in [-0.25, -0.2) is 14.8 Å². The summed E-state index contributed by atoms with van der Waals surface area (Å²) in [6.07, 6.45) is 0. The lowest BCUT2D eigenvalue weighted by Crippen LogP contribution is -2.03. The number of pyridine rings is 1. The second kappa shape index (κ2) is 5.48. The Morgan fingerprint density at radius 1 is 1.19 bits per heavy atom. The van der Waals surface area contributed by atoms with Gasteiger partial charge in [0.25, 0.3) is 0 Å². The van der Waals surface area contributed by atoms with Gasteiger partial charge in [0.15, 0.2) is 10.8 Å². The molecule has 3 rings (SSSR count). The molecule has 0 bridgehead atoms. The van der Waals surface area contributed by atoms with Crippen molar-refractivity contribution in [1.82, 2.24) is 9.97 Å². The van der Waals surface area contributed by atoms with Crippen LogP contribution in [0.3, 0.4) is 0 Å². The van der Waals surface area contributed by atoms with E-state index in [2.05, 4.69) is 15.3 Å². The van der Waals surface area contributed by atoms with Gasteiger partial charge in [-0.15, -0.1) is 0 Å². The highest BCUT2D eigenvalue weighted by Gasteiger charge is 2.12. The molecule has 2 N–H and O–H groups in total. The van der Waals surface area contributed by atoms with Gasteiger partial charge in [-0.1, -0.05) is 34.5 Å². The van der Waals surface area contributed by atoms with Crippen LogP contribution in [-0.4, -0.2) is 21.0 Å². The number of carbonyl (C=O) groups is 1. The number of nitrogens with one attached hydrogen (secondary N) is 1. The number of anilines is 2. The van der Waals surface area contributed by atoms with E-state index in [1.54, 1.807) is 12.1 Å². The fourth-order valence-electron chi connectivity index (χ4n) is 1.72. The summed E-state index contributed by atoms with van der Waals surface area (Å²) in [4.78, 5) is 19.3. The molecule has 0 unspecified atom stereocenters. The Kier molecular flexibility index (Phi) is 3.67. The number of fused-ring (bicyclic) bond motifs is 1. The largest absolute Gasteiger partial charge is 0.476 e. The quantitative estimate of drug-likeness (QED) is 0.737. The molecular weight excluding hydrogens is 333 g/mol. The van der Waals surface area contributed by atoms with Gasteiger partial charge in [-0.2, -0.15) is 0 Å². The fraction of sp³-hybridized carbons (Fsp3) is 0. The average molecular weight is 340 g/mol. The van der Waals surface area contributed by atoms with Gasteiger partial charge in [0.1, 0.15) is 5.82 Å². The number of rotatable bonds is 3. The van der Waals surface area contributed by atoms with Crippen LogP contribution in [0.1, 0.15) is 10.5 Å². The minimum absolute atomic E-state index is 0.0872. The van der Waals surface area contributed by atoms with Gasteiger partial charge in [0, 0.05) is 5.02 Å². The van der Waals surface area contributed by atoms with Gasteiger partial charge < -0.3 is 10.4 Å². The molecule has 0 aliphatic rings. The number of nitrogens with zero attached hydrogens (tertiary/aromatic N) is 2. The van der Waals surface area contributed by atoms with Crippen LogP contribution in [0, 0.1) is 0 Å². The minimum atomic E-state index is -1.18. The summed E-state index contributed by atoms with van der Waals surface area (Å²) in [5.74, 6) is -0.818. The minimum Gasteiger partial charge on any atom is -0.476 e. The standard InChI is InChI=1S/C13H7Cl2N3O2S/c14-6-1-3-8-9(5-6)21-13(16-8)18-10-4-2-7(15)11(17-10)12(19)20/h1-5H,(H,19,20)(H,16,17,18). The van der Waals surface area contributed by atoms with E-state index < -0.39 is 5.97 Å². The topological polar surface area (TPSA) is 75.1 Å². The summed E-state index contributed by atoms with van der Waals surface area (Å²) in [5, 5.41) is 13.3. The SMILES string of the molecule is O=C(O)c1nc(Nc2nc3ccc(Cl)cc3s2)ccc1Cl. The third kappa shape index (κ3) is 2.92. The Morgan fingerprint density at radius 2 is 2.00 bits per heavy atom. The molecule has 0 aliphatic heterocycles. The first kappa shape index (κ1) is 14.1. The molecule has 0 radical (unpaired) electrons. The second-order valence-corrected chi connectivity index (χ2v) is 5.96. The van der Waals surface area contributed by atoms with Crippen molar-refractivity contribution >= 4 is 61.7 Å². The van der Waals surface area contributed by atoms with Gasteiger partial charge in [0.05, 0.1) is 15.2 Å². The number of carboxylic acids is 1. The van der Waals surface area contributed by atoms with E-state index in [-0.39, 0.29) is 10.7 Å². The van der Waals surface area contributed by atoms with Crippen LogP contribution in [0.4, 0.5) is 10.9 Å². The highest BCUT2D eigenvalue weighted by atomic mass is 35.5. The summed E-state index contributed by atoms with van der Waals surface area (Å²) < 4.78 is 0.928. The molecule has 5 nitrogen and oxygen atoms in total. The smallest absolute Gasteiger partial charge is 0.356 e. The first-order chi connectivity index (χ1) is 10.0. The van der Waals surface area contributed by atoms with Crippen molar-refractivity contribution in [3.05, 3.63) is 46.1 Å². The molecule has 0 aliphatic carbocycles. The third-order valence-corrected chi connectivity index (χ3v) is 4.11. The molecule has 106 valence electrons. The number of benzene rings is 1. The molecule has 0 saturated heterocycles. The van der Waals surface area contributed by atoms with E-state index in [4.69, 9.17) is 28.3 Å². The predicted molar refractivity (Wildman–Crippen MR) is 84.1 cm³/mol. The molecule has 0 spiro atoms. The average Bonchev–Trinajstić information content (AvgIpc) is 2.82. The van der Waals surface area contributed by atoms with E-state index >= 15 is 0 Å². The maximum atomic E-state index is 11.0. The fourth-order valence-corrected chi connectivity index (χ4v) is 3.06. The van der Waals surface area contributed by atoms with Crippen molar-refractivity contribution in [2.75, 3.05) is 5.32 Å². The van der Waals surface area contributed by atoms with E-state index in [0.717, 1.165) is 10.2 Å². The first-order valence-electron chi connectivity index (χ1n) is 5.76. The molecular formula is C13H7Cl2N3O2S. The highest BCUT2D eigenvalue weighted by Crippen LogP contribution is 2.30. The molecule has 2 heterocycles. The lowest BCUT2D eigenvalue weighted by molar-refractivity contribution is 0.0691. The Morgan fingerprint density at radius 3 is 2.76 bits per heavy atom. The van der Waals surface area contributed by atoms with Crippen LogP contribution < -0.4 is 5.32 Å². The molecule has 8 heteroatoms. The van der Waals surface area contributed by atoms with Crippen LogP contribution in [-0.2, 0) is 0 Å². The summed E-state index contributed by atoms with van der Waals surface area (Å²) in [6, 6.07) is 8.46. The maximum Gasteiger partial charge on any atom is 0.356 e. The van der Waals surface area contributed by atoms with E-state index in [1.807, 2.05) is 12.1 Å². The summed E-state index contributed by atoms with van der Waals surface area (Å²) >= 11 is 13.1. The van der Waals surface area contributed by atoms with Crippen molar-refractivity contribution in [3.8, 4) is 0 Å².